The number of carbonyl (C=O) groups is 1. The van der Waals surface area contributed by atoms with Gasteiger partial charge in [0.1, 0.15) is 16.5 Å². The number of sulfonamides is 1. The van der Waals surface area contributed by atoms with E-state index in [0.29, 0.717) is 12.5 Å². The van der Waals surface area contributed by atoms with Crippen LogP contribution >= 0.6 is 15.9 Å². The summed E-state index contributed by atoms with van der Waals surface area (Å²) < 4.78 is 52.9. The van der Waals surface area contributed by atoms with E-state index in [4.69, 9.17) is 5.11 Å². The van der Waals surface area contributed by atoms with Crippen molar-refractivity contribution >= 4 is 31.9 Å². The van der Waals surface area contributed by atoms with E-state index in [0.717, 1.165) is 10.4 Å². The molecule has 0 amide bonds. The highest BCUT2D eigenvalue weighted by molar-refractivity contribution is 9.10. The second-order valence-corrected chi connectivity index (χ2v) is 8.16. The van der Waals surface area contributed by atoms with Gasteiger partial charge in [0.15, 0.2) is 0 Å². The molecule has 5 nitrogen and oxygen atoms in total. The quantitative estimate of drug-likeness (QED) is 0.794. The monoisotopic (exact) mass is 397 g/mol. The zero-order chi connectivity index (χ0) is 16.7. The van der Waals surface area contributed by atoms with Gasteiger partial charge in [0.05, 0.1) is 10.4 Å². The maximum absolute atomic E-state index is 13.9. The molecule has 1 aliphatic heterocycles. The Balaban J connectivity index is 2.42. The number of aliphatic carboxylic acids is 1. The van der Waals surface area contributed by atoms with Crippen LogP contribution in [0.15, 0.2) is 21.5 Å². The van der Waals surface area contributed by atoms with Gasteiger partial charge < -0.3 is 5.11 Å². The second kappa shape index (κ2) is 6.21. The summed E-state index contributed by atoms with van der Waals surface area (Å²) in [7, 11) is -4.23. The van der Waals surface area contributed by atoms with Crippen LogP contribution in [0.2, 0.25) is 0 Å². The van der Waals surface area contributed by atoms with Crippen molar-refractivity contribution in [3.05, 3.63) is 28.2 Å². The van der Waals surface area contributed by atoms with E-state index in [1.807, 2.05) is 0 Å². The van der Waals surface area contributed by atoms with Crippen LogP contribution in [-0.2, 0) is 14.8 Å². The Bertz CT molecular complexity index is 710. The fourth-order valence-electron chi connectivity index (χ4n) is 2.52. The standard InChI is InChI=1S/C13H14BrF2NO4S/c1-7-2-8(13(18)19)6-17(5-7)22(20,21)12-3-9(14)10(15)4-11(12)16/h3-4,7-8H,2,5-6H2,1H3,(H,18,19). The zero-order valence-corrected chi connectivity index (χ0v) is 14.0. The van der Waals surface area contributed by atoms with Crippen molar-refractivity contribution in [2.24, 2.45) is 11.8 Å². The third kappa shape index (κ3) is 3.31. The number of piperidine rings is 1. The number of hydrogen-bond acceptors (Lipinski definition) is 3. The molecule has 2 rings (SSSR count). The van der Waals surface area contributed by atoms with Crippen LogP contribution < -0.4 is 0 Å². The second-order valence-electron chi connectivity index (χ2n) is 5.39. The minimum absolute atomic E-state index is 0.0978. The number of hydrogen-bond donors (Lipinski definition) is 1. The van der Waals surface area contributed by atoms with Crippen LogP contribution in [0.5, 0.6) is 0 Å². The van der Waals surface area contributed by atoms with E-state index in [2.05, 4.69) is 15.9 Å². The van der Waals surface area contributed by atoms with Crippen LogP contribution in [0, 0.1) is 23.5 Å². The SMILES string of the molecule is CC1CC(C(=O)O)CN(S(=O)(=O)c2cc(Br)c(F)cc2F)C1. The first-order chi connectivity index (χ1) is 10.1. The molecule has 1 aromatic carbocycles. The summed E-state index contributed by atoms with van der Waals surface area (Å²) in [5.41, 5.74) is 0. The van der Waals surface area contributed by atoms with Gasteiger partial charge in [0.25, 0.3) is 0 Å². The number of halogens is 3. The number of rotatable bonds is 3. The first-order valence-electron chi connectivity index (χ1n) is 6.50. The van der Waals surface area contributed by atoms with Gasteiger partial charge in [-0.05, 0) is 34.3 Å². The molecule has 1 fully saturated rings. The Kier molecular flexibility index (Phi) is 4.88. The third-order valence-electron chi connectivity index (χ3n) is 3.57. The van der Waals surface area contributed by atoms with Crippen LogP contribution in [-0.4, -0.2) is 36.9 Å². The Labute approximate surface area is 135 Å². The molecule has 0 aromatic heterocycles. The minimum atomic E-state index is -4.23. The number of nitrogens with zero attached hydrogens (tertiary/aromatic N) is 1. The molecule has 2 atom stereocenters. The molecule has 1 heterocycles. The summed E-state index contributed by atoms with van der Waals surface area (Å²) in [6, 6.07) is 1.34. The molecule has 0 radical (unpaired) electrons. The van der Waals surface area contributed by atoms with Gasteiger partial charge in [-0.25, -0.2) is 17.2 Å². The molecule has 0 aliphatic carbocycles. The first-order valence-corrected chi connectivity index (χ1v) is 8.73. The molecule has 2 unspecified atom stereocenters. The maximum atomic E-state index is 13.9. The number of carboxylic acids is 1. The Hall–Kier alpha value is -1.06. The third-order valence-corrected chi connectivity index (χ3v) is 6.02. The average Bonchev–Trinajstić information content (AvgIpc) is 2.41. The largest absolute Gasteiger partial charge is 0.481 e. The highest BCUT2D eigenvalue weighted by Crippen LogP contribution is 2.30. The normalized spacial score (nSPS) is 23.5. The van der Waals surface area contributed by atoms with Crippen molar-refractivity contribution in [2.75, 3.05) is 13.1 Å². The van der Waals surface area contributed by atoms with Crippen LogP contribution in [0.3, 0.4) is 0 Å². The topological polar surface area (TPSA) is 74.7 Å². The van der Waals surface area contributed by atoms with Gasteiger partial charge in [-0.15, -0.1) is 0 Å². The smallest absolute Gasteiger partial charge is 0.307 e. The highest BCUT2D eigenvalue weighted by Gasteiger charge is 2.37. The Morgan fingerprint density at radius 2 is 1.95 bits per heavy atom. The van der Waals surface area contributed by atoms with Crippen molar-refractivity contribution in [2.45, 2.75) is 18.2 Å². The van der Waals surface area contributed by atoms with Crippen LogP contribution in [0.4, 0.5) is 8.78 Å². The lowest BCUT2D eigenvalue weighted by Crippen LogP contribution is -2.45. The molecule has 0 bridgehead atoms. The maximum Gasteiger partial charge on any atom is 0.307 e. The van der Waals surface area contributed by atoms with Crippen molar-refractivity contribution in [3.63, 3.8) is 0 Å². The molecule has 22 heavy (non-hydrogen) atoms. The Morgan fingerprint density at radius 1 is 1.32 bits per heavy atom. The van der Waals surface area contributed by atoms with Crippen molar-refractivity contribution in [3.8, 4) is 0 Å². The minimum Gasteiger partial charge on any atom is -0.481 e. The predicted molar refractivity (Wildman–Crippen MR) is 77.7 cm³/mol. The van der Waals surface area contributed by atoms with E-state index < -0.39 is 38.4 Å². The molecular formula is C13H14BrF2NO4S. The molecule has 0 spiro atoms. The van der Waals surface area contributed by atoms with E-state index in [1.165, 1.54) is 0 Å². The molecule has 1 aliphatic rings. The predicted octanol–water partition coefficient (Wildman–Crippen LogP) is 2.46. The van der Waals surface area contributed by atoms with Crippen molar-refractivity contribution in [1.82, 2.24) is 4.31 Å². The van der Waals surface area contributed by atoms with Crippen molar-refractivity contribution in [1.29, 1.82) is 0 Å². The van der Waals surface area contributed by atoms with Gasteiger partial charge in [-0.3, -0.25) is 4.79 Å². The summed E-state index contributed by atoms with van der Waals surface area (Å²) in [4.78, 5) is 10.5. The van der Waals surface area contributed by atoms with E-state index in [9.17, 15) is 22.0 Å². The lowest BCUT2D eigenvalue weighted by atomic mass is 9.92. The summed E-state index contributed by atoms with van der Waals surface area (Å²) in [5.74, 6) is -4.22. The van der Waals surface area contributed by atoms with Crippen LogP contribution in [0.1, 0.15) is 13.3 Å². The molecule has 122 valence electrons. The molecular weight excluding hydrogens is 384 g/mol. The van der Waals surface area contributed by atoms with E-state index in [1.54, 1.807) is 6.92 Å². The molecule has 9 heteroatoms. The van der Waals surface area contributed by atoms with Gasteiger partial charge in [-0.1, -0.05) is 6.92 Å². The van der Waals surface area contributed by atoms with E-state index in [-0.39, 0.29) is 23.5 Å². The number of benzene rings is 1. The number of carboxylic acid groups (broad SMARTS) is 1. The van der Waals surface area contributed by atoms with Crippen molar-refractivity contribution < 1.29 is 27.1 Å². The summed E-state index contributed by atoms with van der Waals surface area (Å²) in [6.07, 6.45) is 0.358. The highest BCUT2D eigenvalue weighted by atomic mass is 79.9. The summed E-state index contributed by atoms with van der Waals surface area (Å²) in [6.45, 7) is 1.60. The van der Waals surface area contributed by atoms with Gasteiger partial charge in [0.2, 0.25) is 10.0 Å². The summed E-state index contributed by atoms with van der Waals surface area (Å²) in [5, 5.41) is 9.09. The molecule has 1 saturated heterocycles. The summed E-state index contributed by atoms with van der Waals surface area (Å²) >= 11 is 2.82. The lowest BCUT2D eigenvalue weighted by Gasteiger charge is -2.33. The zero-order valence-electron chi connectivity index (χ0n) is 11.6. The van der Waals surface area contributed by atoms with E-state index >= 15 is 0 Å². The molecule has 1 N–H and O–H groups in total. The van der Waals surface area contributed by atoms with Gasteiger partial charge >= 0.3 is 5.97 Å². The fourth-order valence-corrected chi connectivity index (χ4v) is 4.69. The first kappa shape index (κ1) is 17.3. The van der Waals surface area contributed by atoms with Gasteiger partial charge in [-0.2, -0.15) is 4.31 Å². The Morgan fingerprint density at radius 3 is 2.55 bits per heavy atom. The van der Waals surface area contributed by atoms with Crippen LogP contribution in [0.25, 0.3) is 0 Å². The lowest BCUT2D eigenvalue weighted by molar-refractivity contribution is -0.143. The molecule has 0 saturated carbocycles. The fraction of sp³-hybridized carbons (Fsp3) is 0.462. The average molecular weight is 398 g/mol. The molecule has 1 aromatic rings. The van der Waals surface area contributed by atoms with Gasteiger partial charge in [0, 0.05) is 19.2 Å².